The van der Waals surface area contributed by atoms with E-state index in [1.807, 2.05) is 73.6 Å². The number of hydrogen-bond donors (Lipinski definition) is 1. The lowest BCUT2D eigenvalue weighted by Crippen LogP contribution is -2.25. The summed E-state index contributed by atoms with van der Waals surface area (Å²) in [5, 5.41) is 0.785. The minimum atomic E-state index is -1.74. The Labute approximate surface area is 185 Å². The van der Waals surface area contributed by atoms with Gasteiger partial charge in [0, 0.05) is 19.5 Å². The van der Waals surface area contributed by atoms with E-state index in [2.05, 4.69) is 20.7 Å². The summed E-state index contributed by atoms with van der Waals surface area (Å²) in [4.78, 5) is 15.2. The molecule has 152 valence electrons. The third-order valence-corrected chi connectivity index (χ3v) is 6.56. The number of nitrogens with zero attached hydrogens (tertiary/aromatic N) is 1. The molecule has 1 N–H and O–H groups in total. The van der Waals surface area contributed by atoms with Crippen LogP contribution in [-0.4, -0.2) is 24.2 Å². The quantitative estimate of drug-likeness (QED) is 0.414. The molecule has 7 heteroatoms. The van der Waals surface area contributed by atoms with Gasteiger partial charge >= 0.3 is 0 Å². The van der Waals surface area contributed by atoms with Gasteiger partial charge in [-0.15, -0.1) is 0 Å². The van der Waals surface area contributed by atoms with Gasteiger partial charge in [0.1, 0.15) is 0 Å². The van der Waals surface area contributed by atoms with Crippen molar-refractivity contribution in [2.45, 2.75) is 4.90 Å². The number of furan rings is 1. The lowest BCUT2D eigenvalue weighted by Gasteiger charge is -2.14. The topological polar surface area (TPSA) is 62.6 Å². The Hall–Kier alpha value is -2.90. The van der Waals surface area contributed by atoms with E-state index in [0.717, 1.165) is 26.7 Å². The molecule has 0 radical (unpaired) electrons. The van der Waals surface area contributed by atoms with E-state index in [-0.39, 0.29) is 5.76 Å². The zero-order valence-electron chi connectivity index (χ0n) is 16.4. The normalized spacial score (nSPS) is 12.0. The second-order valence-electron chi connectivity index (χ2n) is 6.88. The molecule has 30 heavy (non-hydrogen) atoms. The van der Waals surface area contributed by atoms with Crippen molar-refractivity contribution in [2.75, 3.05) is 19.0 Å². The Morgan fingerprint density at radius 3 is 2.43 bits per heavy atom. The highest BCUT2D eigenvalue weighted by molar-refractivity contribution is 9.10. The summed E-state index contributed by atoms with van der Waals surface area (Å²) >= 11 is 3.54. The number of benzene rings is 3. The van der Waals surface area contributed by atoms with E-state index in [9.17, 15) is 9.00 Å². The first-order valence-corrected chi connectivity index (χ1v) is 11.2. The van der Waals surface area contributed by atoms with Crippen LogP contribution in [0.15, 0.2) is 86.6 Å². The van der Waals surface area contributed by atoms with Gasteiger partial charge in [0.15, 0.2) is 22.3 Å². The van der Waals surface area contributed by atoms with Crippen LogP contribution in [0.2, 0.25) is 0 Å². The van der Waals surface area contributed by atoms with Gasteiger partial charge in [-0.3, -0.25) is 9.52 Å². The van der Waals surface area contributed by atoms with Gasteiger partial charge in [0.25, 0.3) is 5.91 Å². The maximum Gasteiger partial charge on any atom is 0.298 e. The SMILES string of the molecule is CN(C)c1ccc2cc(C(=O)NS(=O)c3ccccc3-c3ccccc3)oc2c1Br. The van der Waals surface area contributed by atoms with Crippen molar-refractivity contribution in [3.8, 4) is 11.1 Å². The largest absolute Gasteiger partial charge is 0.450 e. The molecule has 0 aliphatic rings. The Balaban J connectivity index is 1.62. The molecule has 1 unspecified atom stereocenters. The summed E-state index contributed by atoms with van der Waals surface area (Å²) in [7, 11) is 2.11. The summed E-state index contributed by atoms with van der Waals surface area (Å²) in [5.74, 6) is -0.433. The van der Waals surface area contributed by atoms with Crippen LogP contribution in [0.4, 0.5) is 5.69 Å². The summed E-state index contributed by atoms with van der Waals surface area (Å²) in [6.07, 6.45) is 0. The van der Waals surface area contributed by atoms with Crippen molar-refractivity contribution in [3.63, 3.8) is 0 Å². The number of rotatable bonds is 5. The molecule has 0 fully saturated rings. The lowest BCUT2D eigenvalue weighted by molar-refractivity contribution is 0.0958. The molecular weight excluding hydrogens is 464 g/mol. The van der Waals surface area contributed by atoms with E-state index >= 15 is 0 Å². The number of halogens is 1. The predicted octanol–water partition coefficient (Wildman–Crippen LogP) is 5.38. The van der Waals surface area contributed by atoms with Gasteiger partial charge in [-0.05, 0) is 51.3 Å². The summed E-state index contributed by atoms with van der Waals surface area (Å²) in [6.45, 7) is 0. The predicted molar refractivity (Wildman–Crippen MR) is 124 cm³/mol. The average Bonchev–Trinajstić information content (AvgIpc) is 3.20. The molecular formula is C23H19BrN2O3S. The molecule has 1 heterocycles. The molecule has 1 amide bonds. The molecule has 0 aliphatic heterocycles. The molecule has 0 saturated carbocycles. The molecule has 5 nitrogen and oxygen atoms in total. The number of carbonyl (C=O) groups excluding carboxylic acids is 1. The fourth-order valence-electron chi connectivity index (χ4n) is 3.19. The molecule has 4 aromatic rings. The van der Waals surface area contributed by atoms with Crippen molar-refractivity contribution in [1.29, 1.82) is 0 Å². The van der Waals surface area contributed by atoms with E-state index in [1.165, 1.54) is 0 Å². The van der Waals surface area contributed by atoms with Crippen LogP contribution in [-0.2, 0) is 11.0 Å². The number of carbonyl (C=O) groups is 1. The maximum absolute atomic E-state index is 13.0. The first-order chi connectivity index (χ1) is 14.5. The second kappa shape index (κ2) is 8.45. The molecule has 0 aliphatic carbocycles. The maximum atomic E-state index is 13.0. The van der Waals surface area contributed by atoms with E-state index < -0.39 is 16.9 Å². The number of hydrogen-bond acceptors (Lipinski definition) is 4. The summed E-state index contributed by atoms with van der Waals surface area (Å²) < 4.78 is 22.1. The van der Waals surface area contributed by atoms with Crippen LogP contribution < -0.4 is 9.62 Å². The third kappa shape index (κ3) is 3.91. The minimum Gasteiger partial charge on any atom is -0.450 e. The van der Waals surface area contributed by atoms with Crippen molar-refractivity contribution < 1.29 is 13.4 Å². The molecule has 0 spiro atoms. The molecule has 0 bridgehead atoms. The van der Waals surface area contributed by atoms with Crippen molar-refractivity contribution in [3.05, 3.63) is 83.0 Å². The summed E-state index contributed by atoms with van der Waals surface area (Å²) in [6, 6.07) is 22.4. The Morgan fingerprint density at radius 2 is 1.70 bits per heavy atom. The molecule has 1 atom stereocenters. The highest BCUT2D eigenvalue weighted by atomic mass is 79.9. The van der Waals surface area contributed by atoms with Gasteiger partial charge in [-0.1, -0.05) is 48.5 Å². The van der Waals surface area contributed by atoms with Crippen molar-refractivity contribution >= 4 is 49.5 Å². The first kappa shape index (κ1) is 20.4. The van der Waals surface area contributed by atoms with Gasteiger partial charge < -0.3 is 9.32 Å². The van der Waals surface area contributed by atoms with Gasteiger partial charge in [-0.2, -0.15) is 0 Å². The van der Waals surface area contributed by atoms with Crippen molar-refractivity contribution in [1.82, 2.24) is 4.72 Å². The van der Waals surface area contributed by atoms with E-state index in [4.69, 9.17) is 4.42 Å². The number of amides is 1. The van der Waals surface area contributed by atoms with E-state index in [0.29, 0.717) is 10.5 Å². The molecule has 4 rings (SSSR count). The van der Waals surface area contributed by atoms with Gasteiger partial charge in [-0.25, -0.2) is 4.21 Å². The highest BCUT2D eigenvalue weighted by Gasteiger charge is 2.20. The minimum absolute atomic E-state index is 0.104. The second-order valence-corrected chi connectivity index (χ2v) is 8.86. The first-order valence-electron chi connectivity index (χ1n) is 9.22. The molecule has 1 aromatic heterocycles. The van der Waals surface area contributed by atoms with Crippen LogP contribution in [0.25, 0.3) is 22.1 Å². The Bertz CT molecular complexity index is 1250. The van der Waals surface area contributed by atoms with Crippen molar-refractivity contribution in [2.24, 2.45) is 0 Å². The van der Waals surface area contributed by atoms with Crippen LogP contribution in [0.1, 0.15) is 10.6 Å². The van der Waals surface area contributed by atoms with Gasteiger partial charge in [0.05, 0.1) is 15.1 Å². The van der Waals surface area contributed by atoms with E-state index in [1.54, 1.807) is 18.2 Å². The van der Waals surface area contributed by atoms with Crippen LogP contribution in [0, 0.1) is 0 Å². The number of anilines is 1. The fraction of sp³-hybridized carbons (Fsp3) is 0.0870. The average molecular weight is 483 g/mol. The molecule has 0 saturated heterocycles. The summed E-state index contributed by atoms with van der Waals surface area (Å²) in [5.41, 5.74) is 3.24. The standard InChI is InChI=1S/C23H19BrN2O3S/c1-26(2)18-13-12-16-14-19(29-22(16)21(18)24)23(27)25-30(28)20-11-7-6-10-17(20)15-8-4-3-5-9-15/h3-14H,1-2H3,(H,25,27). The zero-order valence-corrected chi connectivity index (χ0v) is 18.8. The number of nitrogens with one attached hydrogen (secondary N) is 1. The monoisotopic (exact) mass is 482 g/mol. The smallest absolute Gasteiger partial charge is 0.298 e. The Morgan fingerprint density at radius 1 is 1.00 bits per heavy atom. The van der Waals surface area contributed by atoms with Gasteiger partial charge in [0.2, 0.25) is 0 Å². The van der Waals surface area contributed by atoms with Crippen LogP contribution >= 0.6 is 15.9 Å². The molecule has 3 aromatic carbocycles. The third-order valence-electron chi connectivity index (χ3n) is 4.67. The fourth-order valence-corrected chi connectivity index (χ4v) is 4.95. The van der Waals surface area contributed by atoms with Crippen LogP contribution in [0.5, 0.6) is 0 Å². The Kier molecular flexibility index (Phi) is 5.74. The lowest BCUT2D eigenvalue weighted by atomic mass is 10.1. The van der Waals surface area contributed by atoms with Crippen LogP contribution in [0.3, 0.4) is 0 Å². The zero-order chi connectivity index (χ0) is 21.3. The highest BCUT2D eigenvalue weighted by Crippen LogP contribution is 2.35. The number of fused-ring (bicyclic) bond motifs is 1.